The van der Waals surface area contributed by atoms with Crippen LogP contribution in [0, 0.1) is 5.92 Å². The van der Waals surface area contributed by atoms with Crippen LogP contribution in [-0.2, 0) is 21.4 Å². The van der Waals surface area contributed by atoms with Crippen LogP contribution in [-0.4, -0.2) is 34.5 Å². The van der Waals surface area contributed by atoms with E-state index in [0.29, 0.717) is 13.0 Å². The molecule has 3 aliphatic rings. The van der Waals surface area contributed by atoms with Crippen molar-refractivity contribution in [3.05, 3.63) is 35.4 Å². The van der Waals surface area contributed by atoms with Crippen LogP contribution in [0.25, 0.3) is 0 Å². The first kappa shape index (κ1) is 13.8. The van der Waals surface area contributed by atoms with E-state index >= 15 is 0 Å². The zero-order valence-corrected chi connectivity index (χ0v) is 12.6. The van der Waals surface area contributed by atoms with Crippen molar-refractivity contribution < 1.29 is 14.7 Å². The second-order valence-corrected chi connectivity index (χ2v) is 6.95. The Hall–Kier alpha value is -1.84. The molecule has 2 fully saturated rings. The molecular formula is C18H21NO3. The lowest BCUT2D eigenvalue weighted by atomic mass is 9.94. The minimum absolute atomic E-state index is 0.00361. The fourth-order valence-corrected chi connectivity index (χ4v) is 4.57. The molecule has 1 amide bonds. The highest BCUT2D eigenvalue weighted by Crippen LogP contribution is 2.62. The molecule has 2 aliphatic carbocycles. The number of piperidine rings is 1. The standard InChI is InChI=1S/C18H21NO3/c20-16(19-10-4-3-7-15(19)17(21)22)14-11-18(14)9-8-12-5-1-2-6-13(12)18/h1-2,5-6,14-15H,3-4,7-11H2,(H,21,22)/t14?,15-,18?/m1/s1. The molecule has 4 nitrogen and oxygen atoms in total. The van der Waals surface area contributed by atoms with Gasteiger partial charge in [0.2, 0.25) is 5.91 Å². The third-order valence-electron chi connectivity index (χ3n) is 5.84. The van der Waals surface area contributed by atoms with Crippen molar-refractivity contribution in [2.45, 2.75) is 50.0 Å². The topological polar surface area (TPSA) is 57.6 Å². The van der Waals surface area contributed by atoms with Crippen LogP contribution in [0.4, 0.5) is 0 Å². The highest BCUT2D eigenvalue weighted by Gasteiger charge is 2.62. The van der Waals surface area contributed by atoms with Crippen LogP contribution in [0.2, 0.25) is 0 Å². The lowest BCUT2D eigenvalue weighted by molar-refractivity contribution is -0.152. The van der Waals surface area contributed by atoms with E-state index in [4.69, 9.17) is 0 Å². The fourth-order valence-electron chi connectivity index (χ4n) is 4.57. The van der Waals surface area contributed by atoms with Gasteiger partial charge in [-0.15, -0.1) is 0 Å². The zero-order valence-electron chi connectivity index (χ0n) is 12.6. The molecule has 3 atom stereocenters. The molecule has 1 N–H and O–H groups in total. The van der Waals surface area contributed by atoms with Gasteiger partial charge < -0.3 is 10.0 Å². The average Bonchev–Trinajstić information content (AvgIpc) is 3.16. The molecule has 1 aromatic carbocycles. The first-order valence-electron chi connectivity index (χ1n) is 8.25. The summed E-state index contributed by atoms with van der Waals surface area (Å²) in [6.45, 7) is 0.601. The highest BCUT2D eigenvalue weighted by molar-refractivity contribution is 5.89. The number of aryl methyl sites for hydroxylation is 1. The number of hydrogen-bond acceptors (Lipinski definition) is 2. The molecule has 0 aromatic heterocycles. The van der Waals surface area contributed by atoms with Crippen LogP contribution >= 0.6 is 0 Å². The van der Waals surface area contributed by atoms with E-state index < -0.39 is 12.0 Å². The van der Waals surface area contributed by atoms with E-state index in [2.05, 4.69) is 18.2 Å². The molecule has 4 rings (SSSR count). The summed E-state index contributed by atoms with van der Waals surface area (Å²) in [5, 5.41) is 9.38. The van der Waals surface area contributed by atoms with E-state index in [1.807, 2.05) is 6.07 Å². The van der Waals surface area contributed by atoms with Gasteiger partial charge >= 0.3 is 5.97 Å². The Morgan fingerprint density at radius 1 is 1.23 bits per heavy atom. The summed E-state index contributed by atoms with van der Waals surface area (Å²) in [6, 6.07) is 7.80. The van der Waals surface area contributed by atoms with Gasteiger partial charge in [0.05, 0.1) is 0 Å². The summed E-state index contributed by atoms with van der Waals surface area (Å²) in [4.78, 5) is 26.0. The molecule has 0 bridgehead atoms. The Kier molecular flexibility index (Phi) is 3.03. The molecule has 0 radical (unpaired) electrons. The summed E-state index contributed by atoms with van der Waals surface area (Å²) in [5.74, 6) is -0.783. The van der Waals surface area contributed by atoms with Crippen molar-refractivity contribution in [2.75, 3.05) is 6.54 Å². The Morgan fingerprint density at radius 2 is 2.05 bits per heavy atom. The van der Waals surface area contributed by atoms with Crippen molar-refractivity contribution in [2.24, 2.45) is 5.92 Å². The first-order valence-corrected chi connectivity index (χ1v) is 8.25. The van der Waals surface area contributed by atoms with E-state index in [1.54, 1.807) is 4.90 Å². The SMILES string of the molecule is O=C(O)[C@H]1CCCCN1C(=O)C1CC12CCc1ccccc12. The molecule has 4 heteroatoms. The minimum atomic E-state index is -0.852. The maximum atomic E-state index is 12.9. The van der Waals surface area contributed by atoms with Gasteiger partial charge in [-0.3, -0.25) is 4.79 Å². The van der Waals surface area contributed by atoms with Gasteiger partial charge in [0.15, 0.2) is 0 Å². The smallest absolute Gasteiger partial charge is 0.326 e. The minimum Gasteiger partial charge on any atom is -0.480 e. The predicted octanol–water partition coefficient (Wildman–Crippen LogP) is 2.36. The predicted molar refractivity (Wildman–Crippen MR) is 81.5 cm³/mol. The van der Waals surface area contributed by atoms with Gasteiger partial charge in [-0.1, -0.05) is 24.3 Å². The Balaban J connectivity index is 1.57. The maximum absolute atomic E-state index is 12.9. The number of aliphatic carboxylic acids is 1. The number of likely N-dealkylation sites (tertiary alicyclic amines) is 1. The number of carboxylic acids is 1. The monoisotopic (exact) mass is 299 g/mol. The Morgan fingerprint density at radius 3 is 2.86 bits per heavy atom. The van der Waals surface area contributed by atoms with Crippen molar-refractivity contribution in [1.29, 1.82) is 0 Å². The van der Waals surface area contributed by atoms with Gasteiger partial charge in [-0.2, -0.15) is 0 Å². The third kappa shape index (κ3) is 1.89. The van der Waals surface area contributed by atoms with Crippen LogP contribution in [0.1, 0.15) is 43.2 Å². The zero-order chi connectivity index (χ0) is 15.3. The molecule has 2 unspecified atom stereocenters. The molecule has 22 heavy (non-hydrogen) atoms. The van der Waals surface area contributed by atoms with Crippen molar-refractivity contribution in [3.63, 3.8) is 0 Å². The van der Waals surface area contributed by atoms with Gasteiger partial charge in [0.1, 0.15) is 6.04 Å². The van der Waals surface area contributed by atoms with Gasteiger partial charge in [0.25, 0.3) is 0 Å². The molecule has 1 saturated carbocycles. The van der Waals surface area contributed by atoms with Crippen LogP contribution in [0.5, 0.6) is 0 Å². The summed E-state index contributed by atoms with van der Waals surface area (Å²) >= 11 is 0. The number of hydrogen-bond donors (Lipinski definition) is 1. The molecule has 1 spiro atoms. The Labute approximate surface area is 130 Å². The van der Waals surface area contributed by atoms with E-state index in [1.165, 1.54) is 11.1 Å². The lowest BCUT2D eigenvalue weighted by Crippen LogP contribution is -2.49. The largest absolute Gasteiger partial charge is 0.480 e. The molecule has 1 aliphatic heterocycles. The van der Waals surface area contributed by atoms with Crippen molar-refractivity contribution in [3.8, 4) is 0 Å². The van der Waals surface area contributed by atoms with Crippen molar-refractivity contribution >= 4 is 11.9 Å². The van der Waals surface area contributed by atoms with Gasteiger partial charge in [0, 0.05) is 17.9 Å². The average molecular weight is 299 g/mol. The first-order chi connectivity index (χ1) is 10.6. The van der Waals surface area contributed by atoms with Gasteiger partial charge in [-0.25, -0.2) is 4.79 Å². The van der Waals surface area contributed by atoms with E-state index in [0.717, 1.165) is 32.1 Å². The number of nitrogens with zero attached hydrogens (tertiary/aromatic N) is 1. The van der Waals surface area contributed by atoms with E-state index in [-0.39, 0.29) is 17.2 Å². The van der Waals surface area contributed by atoms with Crippen LogP contribution in [0.15, 0.2) is 24.3 Å². The highest BCUT2D eigenvalue weighted by atomic mass is 16.4. The number of rotatable bonds is 2. The van der Waals surface area contributed by atoms with Gasteiger partial charge in [-0.05, 0) is 49.7 Å². The third-order valence-corrected chi connectivity index (χ3v) is 5.84. The summed E-state index contributed by atoms with van der Waals surface area (Å²) in [6.07, 6.45) is 5.39. The summed E-state index contributed by atoms with van der Waals surface area (Å²) in [5.41, 5.74) is 2.71. The lowest BCUT2D eigenvalue weighted by Gasteiger charge is -2.33. The normalized spacial score (nSPS) is 32.8. The maximum Gasteiger partial charge on any atom is 0.326 e. The number of carbonyl (C=O) groups excluding carboxylic acids is 1. The number of carbonyl (C=O) groups is 2. The fraction of sp³-hybridized carbons (Fsp3) is 0.556. The Bertz CT molecular complexity index is 641. The summed E-state index contributed by atoms with van der Waals surface area (Å²) in [7, 11) is 0. The second-order valence-electron chi connectivity index (χ2n) is 6.95. The number of benzene rings is 1. The number of fused-ring (bicyclic) bond motifs is 2. The van der Waals surface area contributed by atoms with Crippen molar-refractivity contribution in [1.82, 2.24) is 4.90 Å². The number of amides is 1. The summed E-state index contributed by atoms with van der Waals surface area (Å²) < 4.78 is 0. The second kappa shape index (κ2) is 4.83. The molecular weight excluding hydrogens is 278 g/mol. The molecule has 1 saturated heterocycles. The molecule has 1 aromatic rings. The van der Waals surface area contributed by atoms with Crippen LogP contribution < -0.4 is 0 Å². The quantitative estimate of drug-likeness (QED) is 0.912. The van der Waals surface area contributed by atoms with E-state index in [9.17, 15) is 14.7 Å². The molecule has 1 heterocycles. The van der Waals surface area contributed by atoms with Crippen LogP contribution in [0.3, 0.4) is 0 Å². The number of carboxylic acid groups (broad SMARTS) is 1. The molecule has 116 valence electrons.